The smallest absolute Gasteiger partial charge is 0.157 e. The van der Waals surface area contributed by atoms with Crippen LogP contribution in [0.4, 0.5) is 10.2 Å². The molecule has 3 N–H and O–H groups in total. The van der Waals surface area contributed by atoms with E-state index in [0.29, 0.717) is 17.4 Å². The molecule has 22 heavy (non-hydrogen) atoms. The SMILES string of the molecule is N[C@H]1CC[C@H](Nc2cc([C@@H](F)C3CCC3)nc3ccnn23)C1. The molecule has 0 amide bonds. The molecule has 2 aromatic rings. The number of anilines is 1. The van der Waals surface area contributed by atoms with Gasteiger partial charge in [-0.3, -0.25) is 0 Å². The van der Waals surface area contributed by atoms with Crippen LogP contribution in [0.25, 0.3) is 5.65 Å². The maximum absolute atomic E-state index is 14.6. The third-order valence-electron chi connectivity index (χ3n) is 5.05. The third-order valence-corrected chi connectivity index (χ3v) is 5.05. The molecule has 0 bridgehead atoms. The number of nitrogens with one attached hydrogen (secondary N) is 1. The van der Waals surface area contributed by atoms with E-state index >= 15 is 0 Å². The molecule has 0 saturated heterocycles. The van der Waals surface area contributed by atoms with Crippen LogP contribution in [0.5, 0.6) is 0 Å². The van der Waals surface area contributed by atoms with Crippen LogP contribution in [0.15, 0.2) is 18.3 Å². The molecule has 0 spiro atoms. The topological polar surface area (TPSA) is 68.2 Å². The van der Waals surface area contributed by atoms with Gasteiger partial charge in [0.05, 0.1) is 11.9 Å². The molecule has 5 nitrogen and oxygen atoms in total. The third kappa shape index (κ3) is 2.45. The number of alkyl halides is 1. The first-order chi connectivity index (χ1) is 10.7. The summed E-state index contributed by atoms with van der Waals surface area (Å²) in [5, 5.41) is 7.78. The van der Waals surface area contributed by atoms with Gasteiger partial charge in [-0.25, -0.2) is 9.37 Å². The fourth-order valence-corrected chi connectivity index (χ4v) is 3.51. The van der Waals surface area contributed by atoms with Crippen LogP contribution in [-0.4, -0.2) is 26.7 Å². The predicted octanol–water partition coefficient (Wildman–Crippen LogP) is 2.83. The zero-order valence-corrected chi connectivity index (χ0v) is 12.6. The summed E-state index contributed by atoms with van der Waals surface area (Å²) in [5.41, 5.74) is 7.21. The number of nitrogens with two attached hydrogens (primary N) is 1. The average molecular weight is 303 g/mol. The summed E-state index contributed by atoms with van der Waals surface area (Å²) in [7, 11) is 0. The molecule has 6 heteroatoms. The summed E-state index contributed by atoms with van der Waals surface area (Å²) < 4.78 is 16.4. The summed E-state index contributed by atoms with van der Waals surface area (Å²) in [5.74, 6) is 0.955. The van der Waals surface area contributed by atoms with Gasteiger partial charge in [0.2, 0.25) is 0 Å². The first kappa shape index (κ1) is 13.9. The van der Waals surface area contributed by atoms with Gasteiger partial charge in [0.1, 0.15) is 12.0 Å². The lowest BCUT2D eigenvalue weighted by Gasteiger charge is -2.28. The Labute approximate surface area is 129 Å². The second-order valence-corrected chi connectivity index (χ2v) is 6.67. The summed E-state index contributed by atoms with van der Waals surface area (Å²) in [4.78, 5) is 4.45. The van der Waals surface area contributed by atoms with E-state index in [1.165, 1.54) is 0 Å². The Morgan fingerprint density at radius 1 is 1.32 bits per heavy atom. The molecule has 0 aliphatic heterocycles. The van der Waals surface area contributed by atoms with Gasteiger partial charge in [0, 0.05) is 24.2 Å². The van der Waals surface area contributed by atoms with Gasteiger partial charge in [0.15, 0.2) is 5.65 Å². The summed E-state index contributed by atoms with van der Waals surface area (Å²) >= 11 is 0. The van der Waals surface area contributed by atoms with E-state index < -0.39 is 6.17 Å². The lowest BCUT2D eigenvalue weighted by molar-refractivity contribution is 0.146. The second-order valence-electron chi connectivity index (χ2n) is 6.67. The van der Waals surface area contributed by atoms with Crippen LogP contribution in [0.3, 0.4) is 0 Å². The van der Waals surface area contributed by atoms with E-state index in [4.69, 9.17) is 5.73 Å². The minimum absolute atomic E-state index is 0.130. The largest absolute Gasteiger partial charge is 0.367 e. The van der Waals surface area contributed by atoms with E-state index in [-0.39, 0.29) is 12.0 Å². The van der Waals surface area contributed by atoms with E-state index in [0.717, 1.165) is 44.3 Å². The highest BCUT2D eigenvalue weighted by Crippen LogP contribution is 2.40. The summed E-state index contributed by atoms with van der Waals surface area (Å²) in [6.07, 6.45) is 6.82. The molecule has 2 saturated carbocycles. The van der Waals surface area contributed by atoms with E-state index in [9.17, 15) is 4.39 Å². The summed E-state index contributed by atoms with van der Waals surface area (Å²) in [6, 6.07) is 4.24. The molecule has 3 atom stereocenters. The van der Waals surface area contributed by atoms with Crippen molar-refractivity contribution in [1.82, 2.24) is 14.6 Å². The van der Waals surface area contributed by atoms with Crippen LogP contribution >= 0.6 is 0 Å². The van der Waals surface area contributed by atoms with Crippen LogP contribution in [-0.2, 0) is 0 Å². The van der Waals surface area contributed by atoms with Crippen molar-refractivity contribution in [2.45, 2.75) is 56.8 Å². The first-order valence-corrected chi connectivity index (χ1v) is 8.21. The molecular weight excluding hydrogens is 281 g/mol. The van der Waals surface area contributed by atoms with Crippen LogP contribution < -0.4 is 11.1 Å². The number of aromatic nitrogens is 3. The second kappa shape index (κ2) is 5.50. The molecule has 4 rings (SSSR count). The number of rotatable bonds is 4. The van der Waals surface area contributed by atoms with Crippen molar-refractivity contribution in [2.24, 2.45) is 11.7 Å². The molecular formula is C16H22FN5. The molecule has 0 aromatic carbocycles. The van der Waals surface area contributed by atoms with Crippen LogP contribution in [0, 0.1) is 5.92 Å². The average Bonchev–Trinajstić information content (AvgIpc) is 3.05. The van der Waals surface area contributed by atoms with Crippen molar-refractivity contribution >= 4 is 11.5 Å². The van der Waals surface area contributed by atoms with Crippen molar-refractivity contribution in [2.75, 3.05) is 5.32 Å². The van der Waals surface area contributed by atoms with E-state index in [2.05, 4.69) is 15.4 Å². The van der Waals surface area contributed by atoms with Gasteiger partial charge in [-0.2, -0.15) is 9.61 Å². The van der Waals surface area contributed by atoms with Gasteiger partial charge in [-0.05, 0) is 38.0 Å². The number of hydrogen-bond acceptors (Lipinski definition) is 4. The van der Waals surface area contributed by atoms with Crippen molar-refractivity contribution in [1.29, 1.82) is 0 Å². The van der Waals surface area contributed by atoms with E-state index in [1.807, 2.05) is 12.1 Å². The fourth-order valence-electron chi connectivity index (χ4n) is 3.51. The molecule has 0 radical (unpaired) electrons. The van der Waals surface area contributed by atoms with Crippen LogP contribution in [0.1, 0.15) is 50.4 Å². The molecule has 2 heterocycles. The van der Waals surface area contributed by atoms with E-state index in [1.54, 1.807) is 10.7 Å². The quantitative estimate of drug-likeness (QED) is 0.911. The Bertz CT molecular complexity index is 666. The number of fused-ring (bicyclic) bond motifs is 1. The maximum atomic E-state index is 14.6. The summed E-state index contributed by atoms with van der Waals surface area (Å²) in [6.45, 7) is 0. The normalized spacial score (nSPS) is 27.0. The Morgan fingerprint density at radius 2 is 2.18 bits per heavy atom. The maximum Gasteiger partial charge on any atom is 0.157 e. The first-order valence-electron chi connectivity index (χ1n) is 8.21. The van der Waals surface area contributed by atoms with Gasteiger partial charge < -0.3 is 11.1 Å². The highest BCUT2D eigenvalue weighted by molar-refractivity contribution is 5.50. The molecule has 0 unspecified atom stereocenters. The van der Waals surface area contributed by atoms with Crippen molar-refractivity contribution in [3.05, 3.63) is 24.0 Å². The minimum Gasteiger partial charge on any atom is -0.367 e. The Hall–Kier alpha value is -1.69. The van der Waals surface area contributed by atoms with Gasteiger partial charge >= 0.3 is 0 Å². The van der Waals surface area contributed by atoms with Gasteiger partial charge in [0.25, 0.3) is 0 Å². The highest BCUT2D eigenvalue weighted by atomic mass is 19.1. The standard InChI is InChI=1S/C16H22FN5/c17-16(10-2-1-3-10)13-9-15(20-12-5-4-11(18)8-12)22-14(21-13)6-7-19-22/h6-7,9-12,16,20H,1-5,8,18H2/t11-,12-,16-/m0/s1. The Balaban J connectivity index is 1.64. The zero-order chi connectivity index (χ0) is 15.1. The number of hydrogen-bond donors (Lipinski definition) is 2. The highest BCUT2D eigenvalue weighted by Gasteiger charge is 2.30. The molecule has 2 aromatic heterocycles. The minimum atomic E-state index is -0.972. The monoisotopic (exact) mass is 303 g/mol. The fraction of sp³-hybridized carbons (Fsp3) is 0.625. The Kier molecular flexibility index (Phi) is 3.48. The Morgan fingerprint density at radius 3 is 2.86 bits per heavy atom. The van der Waals surface area contributed by atoms with Gasteiger partial charge in [-0.15, -0.1) is 0 Å². The molecule has 118 valence electrons. The zero-order valence-electron chi connectivity index (χ0n) is 12.6. The van der Waals surface area contributed by atoms with Gasteiger partial charge in [-0.1, -0.05) is 6.42 Å². The number of nitrogens with zero attached hydrogens (tertiary/aromatic N) is 3. The molecule has 2 aliphatic rings. The lowest BCUT2D eigenvalue weighted by atomic mass is 9.81. The van der Waals surface area contributed by atoms with Crippen molar-refractivity contribution < 1.29 is 4.39 Å². The molecule has 2 aliphatic carbocycles. The van der Waals surface area contributed by atoms with Crippen molar-refractivity contribution in [3.8, 4) is 0 Å². The predicted molar refractivity (Wildman–Crippen MR) is 83.4 cm³/mol. The number of halogens is 1. The van der Waals surface area contributed by atoms with Crippen molar-refractivity contribution in [3.63, 3.8) is 0 Å². The molecule has 2 fully saturated rings. The van der Waals surface area contributed by atoms with Crippen LogP contribution in [0.2, 0.25) is 0 Å². The lowest BCUT2D eigenvalue weighted by Crippen LogP contribution is -2.23.